The molecule has 0 amide bonds. The van der Waals surface area contributed by atoms with Gasteiger partial charge in [0.05, 0.1) is 17.5 Å². The van der Waals surface area contributed by atoms with E-state index < -0.39 is 23.5 Å². The predicted octanol–water partition coefficient (Wildman–Crippen LogP) is 5.54. The molecule has 0 radical (unpaired) electrons. The standard InChI is InChI=1S/C32H44N2O4/c1-8-21(3)30(37)28(19-25-13-11-10-12-14-25)34-32(7,9-2)31(38)29(33-23(5)22(4)24(6)35)20-26-15-17-27(36)18-16-26/h10-18,21-22,28-29,34,36H,8-9,19-20H2,1-7H3/b33-23+/t21?,22?,28-,29+,32?/m1/s1. The Balaban J connectivity index is 2.47. The summed E-state index contributed by atoms with van der Waals surface area (Å²) in [6.07, 6.45) is 1.99. The van der Waals surface area contributed by atoms with E-state index in [-0.39, 0.29) is 29.0 Å². The SMILES string of the molecule is CCC(C)C(=O)[C@@H](Cc1ccccc1)NC(C)(CC)C(=O)[C@H](Cc1ccc(O)cc1)/N=C(\C)C(C)C(C)=O. The highest BCUT2D eigenvalue weighted by Crippen LogP contribution is 2.23. The van der Waals surface area contributed by atoms with Crippen molar-refractivity contribution in [2.24, 2.45) is 16.8 Å². The number of hydrogen-bond acceptors (Lipinski definition) is 6. The largest absolute Gasteiger partial charge is 0.508 e. The summed E-state index contributed by atoms with van der Waals surface area (Å²) in [5.74, 6) is -0.447. The fourth-order valence-electron chi connectivity index (χ4n) is 4.42. The number of nitrogens with one attached hydrogen (secondary N) is 1. The first-order valence-electron chi connectivity index (χ1n) is 13.6. The van der Waals surface area contributed by atoms with Crippen molar-refractivity contribution in [3.8, 4) is 5.75 Å². The van der Waals surface area contributed by atoms with Crippen molar-refractivity contribution >= 4 is 23.1 Å². The quantitative estimate of drug-likeness (QED) is 0.301. The molecule has 206 valence electrons. The van der Waals surface area contributed by atoms with Crippen molar-refractivity contribution in [2.45, 2.75) is 91.8 Å². The Morgan fingerprint density at radius 2 is 1.50 bits per heavy atom. The van der Waals surface area contributed by atoms with E-state index in [1.54, 1.807) is 38.1 Å². The number of ketones is 3. The lowest BCUT2D eigenvalue weighted by molar-refractivity contribution is -0.129. The Labute approximate surface area is 228 Å². The third-order valence-corrected chi connectivity index (χ3v) is 7.73. The monoisotopic (exact) mass is 520 g/mol. The molecule has 5 atom stereocenters. The lowest BCUT2D eigenvalue weighted by Crippen LogP contribution is -2.59. The molecule has 0 aliphatic rings. The van der Waals surface area contributed by atoms with Crippen molar-refractivity contribution in [3.05, 3.63) is 65.7 Å². The summed E-state index contributed by atoms with van der Waals surface area (Å²) in [5.41, 5.74) is 1.46. The first-order chi connectivity index (χ1) is 17.9. The van der Waals surface area contributed by atoms with Gasteiger partial charge in [0.15, 0.2) is 11.6 Å². The fraction of sp³-hybridized carbons (Fsp3) is 0.500. The number of carbonyl (C=O) groups is 3. The number of benzene rings is 2. The fourth-order valence-corrected chi connectivity index (χ4v) is 4.42. The number of phenolic OH excluding ortho intramolecular Hbond substituents is 1. The summed E-state index contributed by atoms with van der Waals surface area (Å²) in [6, 6.07) is 15.3. The number of aromatic hydroxyl groups is 1. The van der Waals surface area contributed by atoms with Crippen LogP contribution >= 0.6 is 0 Å². The van der Waals surface area contributed by atoms with Crippen LogP contribution < -0.4 is 5.32 Å². The van der Waals surface area contributed by atoms with Crippen LogP contribution in [0.25, 0.3) is 0 Å². The average Bonchev–Trinajstić information content (AvgIpc) is 2.92. The molecule has 0 bridgehead atoms. The summed E-state index contributed by atoms with van der Waals surface area (Å²) < 4.78 is 0. The van der Waals surface area contributed by atoms with Gasteiger partial charge in [-0.3, -0.25) is 24.7 Å². The van der Waals surface area contributed by atoms with Crippen molar-refractivity contribution in [3.63, 3.8) is 0 Å². The van der Waals surface area contributed by atoms with Crippen LogP contribution in [0.3, 0.4) is 0 Å². The molecule has 2 rings (SSSR count). The number of nitrogens with zero attached hydrogens (tertiary/aromatic N) is 1. The molecular formula is C32H44N2O4. The van der Waals surface area contributed by atoms with Gasteiger partial charge in [-0.1, -0.05) is 70.2 Å². The van der Waals surface area contributed by atoms with Gasteiger partial charge in [0.25, 0.3) is 0 Å². The number of Topliss-reactive ketones (excluding diaryl/α,β-unsaturated/α-hetero) is 3. The van der Waals surface area contributed by atoms with Crippen molar-refractivity contribution in [2.75, 3.05) is 0 Å². The van der Waals surface area contributed by atoms with Crippen LogP contribution in [0.4, 0.5) is 0 Å². The van der Waals surface area contributed by atoms with E-state index in [1.165, 1.54) is 6.92 Å². The van der Waals surface area contributed by atoms with E-state index in [0.717, 1.165) is 17.5 Å². The minimum absolute atomic E-state index is 0.0134. The molecule has 0 heterocycles. The number of carbonyl (C=O) groups excluding carboxylic acids is 3. The summed E-state index contributed by atoms with van der Waals surface area (Å²) >= 11 is 0. The third kappa shape index (κ3) is 8.45. The van der Waals surface area contributed by atoms with Crippen LogP contribution in [-0.4, -0.2) is 45.8 Å². The average molecular weight is 521 g/mol. The molecule has 0 fully saturated rings. The van der Waals surface area contributed by atoms with Gasteiger partial charge in [0.1, 0.15) is 17.6 Å². The minimum atomic E-state index is -1.02. The normalized spacial score (nSPS) is 16.7. The van der Waals surface area contributed by atoms with Crippen LogP contribution in [0.2, 0.25) is 0 Å². The highest BCUT2D eigenvalue weighted by molar-refractivity contribution is 6.04. The van der Waals surface area contributed by atoms with Crippen LogP contribution in [0, 0.1) is 11.8 Å². The summed E-state index contributed by atoms with van der Waals surface area (Å²) in [6.45, 7) is 12.8. The van der Waals surface area contributed by atoms with Crippen LogP contribution in [-0.2, 0) is 27.2 Å². The second-order valence-corrected chi connectivity index (χ2v) is 10.6. The number of rotatable bonds is 15. The van der Waals surface area contributed by atoms with Gasteiger partial charge in [-0.2, -0.15) is 0 Å². The molecule has 0 spiro atoms. The zero-order valence-electron chi connectivity index (χ0n) is 24.0. The number of phenols is 1. The summed E-state index contributed by atoms with van der Waals surface area (Å²) in [5, 5.41) is 13.2. The smallest absolute Gasteiger partial charge is 0.177 e. The van der Waals surface area contributed by atoms with Crippen LogP contribution in [0.5, 0.6) is 5.75 Å². The van der Waals surface area contributed by atoms with Crippen molar-refractivity contribution in [1.82, 2.24) is 5.32 Å². The Morgan fingerprint density at radius 3 is 2.03 bits per heavy atom. The van der Waals surface area contributed by atoms with Gasteiger partial charge < -0.3 is 5.11 Å². The second-order valence-electron chi connectivity index (χ2n) is 10.6. The topological polar surface area (TPSA) is 95.8 Å². The van der Waals surface area contributed by atoms with Crippen molar-refractivity contribution in [1.29, 1.82) is 0 Å². The lowest BCUT2D eigenvalue weighted by atomic mass is 9.83. The summed E-state index contributed by atoms with van der Waals surface area (Å²) in [7, 11) is 0. The predicted molar refractivity (Wildman–Crippen MR) is 154 cm³/mol. The second kappa shape index (κ2) is 14.1. The van der Waals surface area contributed by atoms with E-state index >= 15 is 0 Å². The van der Waals surface area contributed by atoms with Gasteiger partial charge in [-0.25, -0.2) is 0 Å². The molecule has 2 aromatic rings. The van der Waals surface area contributed by atoms with Gasteiger partial charge in [-0.15, -0.1) is 0 Å². The van der Waals surface area contributed by atoms with Crippen LogP contribution in [0.15, 0.2) is 59.6 Å². The van der Waals surface area contributed by atoms with Gasteiger partial charge in [0, 0.05) is 18.1 Å². The molecule has 6 heteroatoms. The maximum atomic E-state index is 14.2. The number of hydrogen-bond donors (Lipinski definition) is 2. The Bertz CT molecular complexity index is 1110. The lowest BCUT2D eigenvalue weighted by Gasteiger charge is -2.35. The molecule has 0 aliphatic heterocycles. The molecule has 2 N–H and O–H groups in total. The third-order valence-electron chi connectivity index (χ3n) is 7.73. The van der Waals surface area contributed by atoms with Gasteiger partial charge in [0.2, 0.25) is 0 Å². The Morgan fingerprint density at radius 1 is 0.921 bits per heavy atom. The van der Waals surface area contributed by atoms with E-state index in [1.807, 2.05) is 58.0 Å². The first kappa shape index (κ1) is 31.1. The first-order valence-corrected chi connectivity index (χ1v) is 13.6. The van der Waals surface area contributed by atoms with Crippen LogP contribution in [0.1, 0.15) is 72.4 Å². The Kier molecular flexibility index (Phi) is 11.6. The van der Waals surface area contributed by atoms with Gasteiger partial charge in [-0.05, 0) is 63.3 Å². The number of aliphatic imine (C=N–C) groups is 1. The maximum Gasteiger partial charge on any atom is 0.177 e. The molecule has 0 saturated heterocycles. The van der Waals surface area contributed by atoms with E-state index in [9.17, 15) is 19.5 Å². The Hall–Kier alpha value is -3.12. The van der Waals surface area contributed by atoms with E-state index in [4.69, 9.17) is 4.99 Å². The molecule has 6 nitrogen and oxygen atoms in total. The highest BCUT2D eigenvalue weighted by atomic mass is 16.3. The maximum absolute atomic E-state index is 14.2. The van der Waals surface area contributed by atoms with E-state index in [0.29, 0.717) is 25.0 Å². The molecule has 0 aromatic heterocycles. The summed E-state index contributed by atoms with van der Waals surface area (Å²) in [4.78, 5) is 44.5. The molecule has 0 saturated carbocycles. The molecule has 3 unspecified atom stereocenters. The minimum Gasteiger partial charge on any atom is -0.508 e. The highest BCUT2D eigenvalue weighted by Gasteiger charge is 2.40. The van der Waals surface area contributed by atoms with Gasteiger partial charge >= 0.3 is 0 Å². The van der Waals surface area contributed by atoms with Crippen molar-refractivity contribution < 1.29 is 19.5 Å². The zero-order valence-corrected chi connectivity index (χ0v) is 24.0. The molecule has 0 aliphatic carbocycles. The molecule has 2 aromatic carbocycles. The molecule has 38 heavy (non-hydrogen) atoms. The molecular weight excluding hydrogens is 476 g/mol. The van der Waals surface area contributed by atoms with E-state index in [2.05, 4.69) is 5.32 Å². The zero-order chi connectivity index (χ0) is 28.5.